The third kappa shape index (κ3) is 6.40. The van der Waals surface area contributed by atoms with Crippen LogP contribution < -0.4 is 19.9 Å². The number of nitrogen functional groups attached to an aromatic ring is 1. The molecule has 4 aromatic carbocycles. The van der Waals surface area contributed by atoms with E-state index >= 15 is 0 Å². The maximum Gasteiger partial charge on any atom is 0.141 e. The van der Waals surface area contributed by atoms with Crippen LogP contribution >= 0.6 is 0 Å². The van der Waals surface area contributed by atoms with E-state index in [1.165, 1.54) is 0 Å². The molecule has 0 fully saturated rings. The minimum atomic E-state index is 0.487. The third-order valence-corrected chi connectivity index (χ3v) is 5.12. The highest BCUT2D eigenvalue weighted by molar-refractivity contribution is 5.73. The van der Waals surface area contributed by atoms with Crippen molar-refractivity contribution in [2.45, 2.75) is 13.2 Å². The maximum absolute atomic E-state index is 6.08. The molecule has 0 aromatic heterocycles. The molecule has 4 nitrogen and oxygen atoms in total. The van der Waals surface area contributed by atoms with Gasteiger partial charge in [-0.15, -0.1) is 0 Å². The Morgan fingerprint density at radius 2 is 1.18 bits per heavy atom. The fraction of sp³-hybridized carbons (Fsp3) is 0.103. The second-order valence-electron chi connectivity index (χ2n) is 7.62. The van der Waals surface area contributed by atoms with Gasteiger partial charge in [-0.05, 0) is 46.5 Å². The number of rotatable bonds is 9. The van der Waals surface area contributed by atoms with Crippen LogP contribution in [0.15, 0.2) is 97.1 Å². The summed E-state index contributed by atoms with van der Waals surface area (Å²) in [7, 11) is 1.61. The molecule has 4 aromatic rings. The molecule has 0 aliphatic rings. The Morgan fingerprint density at radius 1 is 0.636 bits per heavy atom. The molecule has 166 valence electrons. The molecule has 0 unspecified atom stereocenters. The summed E-state index contributed by atoms with van der Waals surface area (Å²) in [5, 5.41) is 0. The topological polar surface area (TPSA) is 53.7 Å². The van der Waals surface area contributed by atoms with Crippen LogP contribution in [-0.2, 0) is 13.2 Å². The van der Waals surface area contributed by atoms with Gasteiger partial charge >= 0.3 is 0 Å². The number of hydrogen-bond acceptors (Lipinski definition) is 4. The lowest BCUT2D eigenvalue weighted by atomic mass is 10.1. The number of ether oxygens (including phenoxy) is 3. The number of nitrogens with two attached hydrogens (primary N) is 1. The Balaban J connectivity index is 1.55. The molecule has 0 aliphatic heterocycles. The minimum absolute atomic E-state index is 0.487. The zero-order valence-electron chi connectivity index (χ0n) is 18.6. The van der Waals surface area contributed by atoms with Crippen molar-refractivity contribution in [2.24, 2.45) is 0 Å². The van der Waals surface area contributed by atoms with Crippen LogP contribution in [0.2, 0.25) is 0 Å². The highest BCUT2D eigenvalue weighted by Gasteiger charge is 2.05. The Labute approximate surface area is 194 Å². The van der Waals surface area contributed by atoms with Gasteiger partial charge < -0.3 is 19.9 Å². The summed E-state index contributed by atoms with van der Waals surface area (Å²) in [6.45, 7) is 0.974. The highest BCUT2D eigenvalue weighted by atomic mass is 16.5. The molecule has 0 amide bonds. The van der Waals surface area contributed by atoms with Crippen molar-refractivity contribution in [3.8, 4) is 17.2 Å². The van der Waals surface area contributed by atoms with Crippen molar-refractivity contribution in [1.29, 1.82) is 0 Å². The van der Waals surface area contributed by atoms with Gasteiger partial charge in [-0.25, -0.2) is 0 Å². The molecule has 0 heterocycles. The van der Waals surface area contributed by atoms with Gasteiger partial charge in [-0.1, -0.05) is 78.9 Å². The van der Waals surface area contributed by atoms with Gasteiger partial charge in [0.1, 0.15) is 30.5 Å². The van der Waals surface area contributed by atoms with Gasteiger partial charge in [-0.2, -0.15) is 0 Å². The summed E-state index contributed by atoms with van der Waals surface area (Å²) in [6.07, 6.45) is 4.03. The summed E-state index contributed by atoms with van der Waals surface area (Å²) in [6, 6.07) is 31.9. The van der Waals surface area contributed by atoms with Gasteiger partial charge in [0, 0.05) is 6.07 Å². The zero-order valence-corrected chi connectivity index (χ0v) is 18.6. The third-order valence-electron chi connectivity index (χ3n) is 5.12. The van der Waals surface area contributed by atoms with Crippen molar-refractivity contribution in [3.63, 3.8) is 0 Å². The summed E-state index contributed by atoms with van der Waals surface area (Å²) in [5.74, 6) is 2.16. The van der Waals surface area contributed by atoms with E-state index in [0.29, 0.717) is 24.7 Å². The second kappa shape index (κ2) is 10.9. The van der Waals surface area contributed by atoms with E-state index in [1.54, 1.807) is 7.11 Å². The van der Waals surface area contributed by atoms with Crippen LogP contribution in [0.25, 0.3) is 12.2 Å². The molecule has 0 saturated heterocycles. The van der Waals surface area contributed by atoms with E-state index < -0.39 is 0 Å². The lowest BCUT2D eigenvalue weighted by molar-refractivity contribution is 0.290. The Morgan fingerprint density at radius 3 is 1.70 bits per heavy atom. The predicted octanol–water partition coefficient (Wildman–Crippen LogP) is 6.61. The van der Waals surface area contributed by atoms with E-state index in [9.17, 15) is 0 Å². The van der Waals surface area contributed by atoms with Gasteiger partial charge in [0.2, 0.25) is 0 Å². The van der Waals surface area contributed by atoms with Crippen molar-refractivity contribution >= 4 is 17.8 Å². The van der Waals surface area contributed by atoms with Crippen molar-refractivity contribution in [3.05, 3.63) is 119 Å². The SMILES string of the molecule is COc1ccc(/C=C/c2cc(OCc3ccccc3)cc(OCc3ccccc3)c2)cc1N. The van der Waals surface area contributed by atoms with Crippen LogP contribution in [0.4, 0.5) is 5.69 Å². The molecular weight excluding hydrogens is 410 g/mol. The zero-order chi connectivity index (χ0) is 22.9. The molecule has 0 spiro atoms. The molecule has 0 bridgehead atoms. The maximum atomic E-state index is 6.08. The average Bonchev–Trinajstić information content (AvgIpc) is 2.86. The second-order valence-corrected chi connectivity index (χ2v) is 7.62. The number of methoxy groups -OCH3 is 1. The van der Waals surface area contributed by atoms with Crippen LogP contribution in [0.1, 0.15) is 22.3 Å². The van der Waals surface area contributed by atoms with E-state index in [2.05, 4.69) is 0 Å². The van der Waals surface area contributed by atoms with Crippen LogP contribution in [0.3, 0.4) is 0 Å². The Hall–Kier alpha value is -4.18. The van der Waals surface area contributed by atoms with E-state index in [0.717, 1.165) is 33.8 Å². The minimum Gasteiger partial charge on any atom is -0.495 e. The largest absolute Gasteiger partial charge is 0.495 e. The van der Waals surface area contributed by atoms with Gasteiger partial charge in [-0.3, -0.25) is 0 Å². The smallest absolute Gasteiger partial charge is 0.141 e. The fourth-order valence-electron chi connectivity index (χ4n) is 3.39. The Kier molecular flexibility index (Phi) is 7.29. The molecule has 2 N–H and O–H groups in total. The number of anilines is 1. The molecule has 4 heteroatoms. The number of benzene rings is 4. The lowest BCUT2D eigenvalue weighted by Crippen LogP contribution is -1.98. The molecule has 0 atom stereocenters. The quantitative estimate of drug-likeness (QED) is 0.237. The molecule has 0 radical (unpaired) electrons. The monoisotopic (exact) mass is 437 g/mol. The average molecular weight is 438 g/mol. The van der Waals surface area contributed by atoms with Gasteiger partial charge in [0.15, 0.2) is 0 Å². The van der Waals surface area contributed by atoms with Crippen molar-refractivity contribution in [2.75, 3.05) is 12.8 Å². The molecule has 0 saturated carbocycles. The standard InChI is InChI=1S/C29H27NO3/c1-31-29-15-14-22(18-28(29)30)12-13-25-16-26(32-20-23-8-4-2-5-9-23)19-27(17-25)33-21-24-10-6-3-7-11-24/h2-19H,20-21,30H2,1H3/b13-12+. The predicted molar refractivity (Wildman–Crippen MR) is 134 cm³/mol. The van der Waals surface area contributed by atoms with E-state index in [4.69, 9.17) is 19.9 Å². The normalized spacial score (nSPS) is 10.8. The van der Waals surface area contributed by atoms with E-state index in [-0.39, 0.29) is 0 Å². The van der Waals surface area contributed by atoms with Crippen LogP contribution in [0, 0.1) is 0 Å². The molecule has 33 heavy (non-hydrogen) atoms. The van der Waals surface area contributed by atoms with Gasteiger partial charge in [0.25, 0.3) is 0 Å². The highest BCUT2D eigenvalue weighted by Crippen LogP contribution is 2.27. The number of hydrogen-bond donors (Lipinski definition) is 1. The van der Waals surface area contributed by atoms with Gasteiger partial charge in [0.05, 0.1) is 12.8 Å². The van der Waals surface area contributed by atoms with E-state index in [1.807, 2.05) is 109 Å². The van der Waals surface area contributed by atoms with Crippen LogP contribution in [0.5, 0.6) is 17.2 Å². The summed E-state index contributed by atoms with van der Waals surface area (Å²) in [5.41, 5.74) is 10.8. The van der Waals surface area contributed by atoms with Crippen molar-refractivity contribution in [1.82, 2.24) is 0 Å². The molecule has 0 aliphatic carbocycles. The summed E-state index contributed by atoms with van der Waals surface area (Å²) >= 11 is 0. The van der Waals surface area contributed by atoms with Crippen molar-refractivity contribution < 1.29 is 14.2 Å². The first kappa shape index (κ1) is 22.0. The summed E-state index contributed by atoms with van der Waals surface area (Å²) < 4.78 is 17.4. The first-order valence-corrected chi connectivity index (χ1v) is 10.8. The summed E-state index contributed by atoms with van der Waals surface area (Å²) in [4.78, 5) is 0. The van der Waals surface area contributed by atoms with Crippen LogP contribution in [-0.4, -0.2) is 7.11 Å². The first-order valence-electron chi connectivity index (χ1n) is 10.8. The molecule has 4 rings (SSSR count). The molecular formula is C29H27NO3. The Bertz CT molecular complexity index is 1140. The fourth-order valence-corrected chi connectivity index (χ4v) is 3.39. The lowest BCUT2D eigenvalue weighted by Gasteiger charge is -2.12. The first-order chi connectivity index (χ1) is 16.2.